The van der Waals surface area contributed by atoms with Crippen molar-refractivity contribution in [1.82, 2.24) is 5.32 Å². The van der Waals surface area contributed by atoms with E-state index in [2.05, 4.69) is 5.32 Å². The van der Waals surface area contributed by atoms with Gasteiger partial charge >= 0.3 is 5.97 Å². The number of carbonyl (C=O) groups is 2. The molecule has 0 bridgehead atoms. The maximum Gasteiger partial charge on any atom is 0.339 e. The number of amides is 1. The third-order valence-corrected chi connectivity index (χ3v) is 3.99. The van der Waals surface area contributed by atoms with E-state index in [1.54, 1.807) is 19.1 Å². The molecule has 0 heterocycles. The van der Waals surface area contributed by atoms with Crippen LogP contribution in [-0.2, 0) is 23.8 Å². The van der Waals surface area contributed by atoms with E-state index >= 15 is 0 Å². The van der Waals surface area contributed by atoms with Gasteiger partial charge in [-0.15, -0.1) is 0 Å². The fourth-order valence-corrected chi connectivity index (χ4v) is 2.66. The summed E-state index contributed by atoms with van der Waals surface area (Å²) in [4.78, 5) is 24.7. The van der Waals surface area contributed by atoms with Gasteiger partial charge in [0.15, 0.2) is 12.2 Å². The Balaban J connectivity index is 1.88. The third kappa shape index (κ3) is 5.91. The van der Waals surface area contributed by atoms with Gasteiger partial charge in [-0.25, -0.2) is 4.79 Å². The molecule has 0 fully saturated rings. The maximum atomic E-state index is 12.4. The lowest BCUT2D eigenvalue weighted by molar-refractivity contribution is -0.157. The first-order valence-electron chi connectivity index (χ1n) is 8.69. The molecule has 0 aliphatic carbocycles. The first-order valence-corrected chi connectivity index (χ1v) is 8.69. The standard InChI is InChI=1S/C21H25NO5/c1-15(22-20(23)18(25-2)16-10-6-4-7-11-16)14-27-21(24)19(26-3)17-12-8-5-9-13-17/h4-13,15,18-19H,14H2,1-3H3,(H,22,23)/t15-,18?,19?/m1/s1. The molecule has 0 radical (unpaired) electrons. The summed E-state index contributed by atoms with van der Waals surface area (Å²) in [6.45, 7) is 1.79. The van der Waals surface area contributed by atoms with E-state index in [1.807, 2.05) is 48.5 Å². The van der Waals surface area contributed by atoms with E-state index in [4.69, 9.17) is 14.2 Å². The average molecular weight is 371 g/mol. The Kier molecular flexibility index (Phi) is 7.98. The molecule has 6 nitrogen and oxygen atoms in total. The molecule has 1 N–H and O–H groups in total. The van der Waals surface area contributed by atoms with Gasteiger partial charge in [-0.3, -0.25) is 4.79 Å². The van der Waals surface area contributed by atoms with E-state index in [9.17, 15) is 9.59 Å². The van der Waals surface area contributed by atoms with Crippen molar-refractivity contribution in [3.63, 3.8) is 0 Å². The molecule has 27 heavy (non-hydrogen) atoms. The van der Waals surface area contributed by atoms with Crippen molar-refractivity contribution in [3.05, 3.63) is 71.8 Å². The molecular formula is C21H25NO5. The number of ether oxygens (including phenoxy) is 3. The summed E-state index contributed by atoms with van der Waals surface area (Å²) in [7, 11) is 2.93. The Morgan fingerprint density at radius 1 is 0.852 bits per heavy atom. The van der Waals surface area contributed by atoms with Gasteiger partial charge in [0.1, 0.15) is 6.61 Å². The molecule has 0 aliphatic rings. The fraction of sp³-hybridized carbons (Fsp3) is 0.333. The lowest BCUT2D eigenvalue weighted by Gasteiger charge is -2.21. The minimum atomic E-state index is -0.801. The van der Waals surface area contributed by atoms with E-state index in [-0.39, 0.29) is 18.6 Å². The maximum absolute atomic E-state index is 12.4. The molecular weight excluding hydrogens is 346 g/mol. The van der Waals surface area contributed by atoms with Gasteiger partial charge in [0.2, 0.25) is 0 Å². The number of hydrogen-bond acceptors (Lipinski definition) is 5. The Hall–Kier alpha value is -2.70. The minimum absolute atomic E-state index is 0.0302. The molecule has 0 aliphatic heterocycles. The summed E-state index contributed by atoms with van der Waals surface area (Å²) in [6, 6.07) is 17.9. The second-order valence-electron chi connectivity index (χ2n) is 6.09. The van der Waals surface area contributed by atoms with E-state index < -0.39 is 18.2 Å². The highest BCUT2D eigenvalue weighted by atomic mass is 16.6. The SMILES string of the molecule is COC(C(=O)N[C@H](C)COC(=O)C(OC)c1ccccc1)c1ccccc1. The normalized spacial score (nSPS) is 14.0. The summed E-state index contributed by atoms with van der Waals surface area (Å²) in [5.74, 6) is -0.797. The van der Waals surface area contributed by atoms with Gasteiger partial charge in [-0.1, -0.05) is 60.7 Å². The van der Waals surface area contributed by atoms with Crippen LogP contribution in [0.25, 0.3) is 0 Å². The van der Waals surface area contributed by atoms with Crippen LogP contribution in [0.5, 0.6) is 0 Å². The number of carbonyl (C=O) groups excluding carboxylic acids is 2. The molecule has 0 aromatic heterocycles. The highest BCUT2D eigenvalue weighted by molar-refractivity contribution is 5.82. The number of esters is 1. The van der Waals surface area contributed by atoms with Crippen LogP contribution in [0.3, 0.4) is 0 Å². The molecule has 6 heteroatoms. The summed E-state index contributed by atoms with van der Waals surface area (Å²) in [6.07, 6.45) is -1.52. The van der Waals surface area contributed by atoms with Crippen LogP contribution in [0.2, 0.25) is 0 Å². The number of methoxy groups -OCH3 is 2. The van der Waals surface area contributed by atoms with Crippen LogP contribution in [0.4, 0.5) is 0 Å². The molecule has 0 saturated heterocycles. The van der Waals surface area contributed by atoms with Crippen molar-refractivity contribution in [1.29, 1.82) is 0 Å². The van der Waals surface area contributed by atoms with E-state index in [0.29, 0.717) is 5.56 Å². The van der Waals surface area contributed by atoms with Crippen molar-refractivity contribution in [2.75, 3.05) is 20.8 Å². The zero-order valence-electron chi connectivity index (χ0n) is 15.8. The van der Waals surface area contributed by atoms with Crippen molar-refractivity contribution in [2.24, 2.45) is 0 Å². The Morgan fingerprint density at radius 3 is 1.81 bits per heavy atom. The topological polar surface area (TPSA) is 73.9 Å². The third-order valence-electron chi connectivity index (χ3n) is 3.99. The molecule has 0 spiro atoms. The van der Waals surface area contributed by atoms with E-state index in [0.717, 1.165) is 5.56 Å². The van der Waals surface area contributed by atoms with Crippen LogP contribution in [0.1, 0.15) is 30.3 Å². The largest absolute Gasteiger partial charge is 0.461 e. The average Bonchev–Trinajstić information content (AvgIpc) is 2.69. The van der Waals surface area contributed by atoms with Crippen LogP contribution in [-0.4, -0.2) is 38.7 Å². The first kappa shape index (κ1) is 20.6. The molecule has 0 saturated carbocycles. The van der Waals surface area contributed by atoms with Crippen LogP contribution < -0.4 is 5.32 Å². The lowest BCUT2D eigenvalue weighted by atomic mass is 10.1. The highest BCUT2D eigenvalue weighted by Gasteiger charge is 2.24. The second-order valence-corrected chi connectivity index (χ2v) is 6.09. The predicted octanol–water partition coefficient (Wildman–Crippen LogP) is 2.81. The zero-order chi connectivity index (χ0) is 19.6. The van der Waals surface area contributed by atoms with Gasteiger partial charge in [-0.05, 0) is 18.1 Å². The van der Waals surface area contributed by atoms with Crippen LogP contribution in [0, 0.1) is 0 Å². The molecule has 2 aromatic carbocycles. The Morgan fingerprint density at radius 2 is 1.33 bits per heavy atom. The van der Waals surface area contributed by atoms with Gasteiger partial charge in [0.25, 0.3) is 5.91 Å². The predicted molar refractivity (Wildman–Crippen MR) is 101 cm³/mol. The summed E-state index contributed by atoms with van der Waals surface area (Å²) >= 11 is 0. The number of nitrogens with one attached hydrogen (secondary N) is 1. The van der Waals surface area contributed by atoms with Crippen molar-refractivity contribution in [2.45, 2.75) is 25.2 Å². The van der Waals surface area contributed by atoms with Crippen molar-refractivity contribution < 1.29 is 23.8 Å². The zero-order valence-corrected chi connectivity index (χ0v) is 15.8. The van der Waals surface area contributed by atoms with E-state index in [1.165, 1.54) is 14.2 Å². The van der Waals surface area contributed by atoms with Crippen LogP contribution in [0.15, 0.2) is 60.7 Å². The Labute approximate surface area is 159 Å². The number of hydrogen-bond donors (Lipinski definition) is 1. The number of benzene rings is 2. The molecule has 3 atom stereocenters. The summed E-state index contributed by atoms with van der Waals surface area (Å²) in [5.41, 5.74) is 1.47. The monoisotopic (exact) mass is 371 g/mol. The van der Waals surface area contributed by atoms with Gasteiger partial charge in [0.05, 0.1) is 6.04 Å². The molecule has 144 valence electrons. The smallest absolute Gasteiger partial charge is 0.339 e. The highest BCUT2D eigenvalue weighted by Crippen LogP contribution is 2.18. The molecule has 2 rings (SSSR count). The summed E-state index contributed by atoms with van der Waals surface area (Å²) < 4.78 is 15.9. The second kappa shape index (κ2) is 10.4. The first-order chi connectivity index (χ1) is 13.1. The van der Waals surface area contributed by atoms with Crippen molar-refractivity contribution >= 4 is 11.9 Å². The van der Waals surface area contributed by atoms with Crippen molar-refractivity contribution in [3.8, 4) is 0 Å². The minimum Gasteiger partial charge on any atom is -0.461 e. The van der Waals surface area contributed by atoms with Gasteiger partial charge < -0.3 is 19.5 Å². The number of rotatable bonds is 9. The fourth-order valence-electron chi connectivity index (χ4n) is 2.66. The lowest BCUT2D eigenvalue weighted by Crippen LogP contribution is -2.40. The molecule has 1 amide bonds. The van der Waals surface area contributed by atoms with Gasteiger partial charge in [0, 0.05) is 14.2 Å². The van der Waals surface area contributed by atoms with Crippen LogP contribution >= 0.6 is 0 Å². The quantitative estimate of drug-likeness (QED) is 0.686. The molecule has 2 aromatic rings. The molecule has 2 unspecified atom stereocenters. The van der Waals surface area contributed by atoms with Gasteiger partial charge in [-0.2, -0.15) is 0 Å². The summed E-state index contributed by atoms with van der Waals surface area (Å²) in [5, 5.41) is 2.80. The Bertz CT molecular complexity index is 720.